The van der Waals surface area contributed by atoms with E-state index in [4.69, 9.17) is 0 Å². The van der Waals surface area contributed by atoms with Crippen molar-refractivity contribution < 1.29 is 9.50 Å². The molecule has 1 aromatic heterocycles. The smallest absolute Gasteiger partial charge is 0.125 e. The summed E-state index contributed by atoms with van der Waals surface area (Å²) in [5.41, 5.74) is 1.78. The molecule has 0 radical (unpaired) electrons. The molecule has 0 fully saturated rings. The highest BCUT2D eigenvalue weighted by molar-refractivity contribution is 7.18. The molecule has 1 heterocycles. The standard InChI is InChI=1S/C14H10FNOS/c15-10-3-6-13-12(8-10)16-14(18-13)7-9-1-4-11(17)5-2-9/h1-6,8,17H,7H2. The fraction of sp³-hybridized carbons (Fsp3) is 0.0714. The molecular weight excluding hydrogens is 249 g/mol. The van der Waals surface area contributed by atoms with Crippen molar-refractivity contribution in [2.24, 2.45) is 0 Å². The molecule has 0 amide bonds. The second-order valence-electron chi connectivity index (χ2n) is 4.06. The molecule has 90 valence electrons. The Hall–Kier alpha value is -1.94. The molecule has 4 heteroatoms. The van der Waals surface area contributed by atoms with Crippen LogP contribution in [0.15, 0.2) is 42.5 Å². The van der Waals surface area contributed by atoms with E-state index in [1.807, 2.05) is 12.1 Å². The summed E-state index contributed by atoms with van der Waals surface area (Å²) >= 11 is 1.56. The van der Waals surface area contributed by atoms with Crippen LogP contribution in [0, 0.1) is 5.82 Å². The number of aromatic nitrogens is 1. The number of phenols is 1. The molecule has 0 bridgehead atoms. The van der Waals surface area contributed by atoms with Gasteiger partial charge >= 0.3 is 0 Å². The quantitative estimate of drug-likeness (QED) is 0.760. The van der Waals surface area contributed by atoms with Crippen LogP contribution in [0.2, 0.25) is 0 Å². The normalized spacial score (nSPS) is 10.9. The van der Waals surface area contributed by atoms with Crippen LogP contribution in [-0.2, 0) is 6.42 Å². The Morgan fingerprint density at radius 1 is 1.11 bits per heavy atom. The first-order chi connectivity index (χ1) is 8.70. The highest BCUT2D eigenvalue weighted by atomic mass is 32.1. The Morgan fingerprint density at radius 2 is 1.89 bits per heavy atom. The molecule has 0 unspecified atom stereocenters. The van der Waals surface area contributed by atoms with Gasteiger partial charge in [0.05, 0.1) is 15.2 Å². The molecular formula is C14H10FNOS. The van der Waals surface area contributed by atoms with Crippen molar-refractivity contribution >= 4 is 21.6 Å². The molecule has 3 aromatic rings. The van der Waals surface area contributed by atoms with Gasteiger partial charge in [0.25, 0.3) is 0 Å². The lowest BCUT2D eigenvalue weighted by molar-refractivity contribution is 0.475. The molecule has 3 rings (SSSR count). The van der Waals surface area contributed by atoms with E-state index < -0.39 is 0 Å². The van der Waals surface area contributed by atoms with E-state index in [2.05, 4.69) is 4.98 Å². The van der Waals surface area contributed by atoms with Gasteiger partial charge in [-0.25, -0.2) is 9.37 Å². The third-order valence-electron chi connectivity index (χ3n) is 2.69. The van der Waals surface area contributed by atoms with Crippen molar-refractivity contribution in [1.82, 2.24) is 4.98 Å². The minimum Gasteiger partial charge on any atom is -0.508 e. The highest BCUT2D eigenvalue weighted by Gasteiger charge is 2.05. The predicted octanol–water partition coefficient (Wildman–Crippen LogP) is 3.73. The number of thiazole rings is 1. The number of rotatable bonds is 2. The van der Waals surface area contributed by atoms with Crippen LogP contribution in [0.1, 0.15) is 10.6 Å². The van der Waals surface area contributed by atoms with E-state index >= 15 is 0 Å². The van der Waals surface area contributed by atoms with Gasteiger partial charge in [0, 0.05) is 12.5 Å². The first kappa shape index (κ1) is 11.2. The Morgan fingerprint density at radius 3 is 2.67 bits per heavy atom. The Kier molecular flexibility index (Phi) is 2.72. The molecule has 1 N–H and O–H groups in total. The third kappa shape index (κ3) is 2.19. The summed E-state index contributed by atoms with van der Waals surface area (Å²) in [5.74, 6) is -0.00546. The molecule has 0 saturated heterocycles. The second-order valence-corrected chi connectivity index (χ2v) is 5.18. The summed E-state index contributed by atoms with van der Waals surface area (Å²) in [5, 5.41) is 10.2. The molecule has 0 aliphatic carbocycles. The van der Waals surface area contributed by atoms with Crippen LogP contribution in [0.5, 0.6) is 5.75 Å². The summed E-state index contributed by atoms with van der Waals surface area (Å²) in [6, 6.07) is 11.7. The van der Waals surface area contributed by atoms with Crippen molar-refractivity contribution in [1.29, 1.82) is 0 Å². The van der Waals surface area contributed by atoms with Crippen LogP contribution in [0.3, 0.4) is 0 Å². The van der Waals surface area contributed by atoms with Gasteiger partial charge in [-0.3, -0.25) is 0 Å². The number of hydrogen-bond donors (Lipinski definition) is 1. The van der Waals surface area contributed by atoms with Crippen molar-refractivity contribution in [3.8, 4) is 5.75 Å². The maximum absolute atomic E-state index is 13.1. The number of benzene rings is 2. The molecule has 18 heavy (non-hydrogen) atoms. The van der Waals surface area contributed by atoms with Crippen LogP contribution >= 0.6 is 11.3 Å². The lowest BCUT2D eigenvalue weighted by Gasteiger charge is -1.97. The van der Waals surface area contributed by atoms with Gasteiger partial charge in [-0.1, -0.05) is 12.1 Å². The highest BCUT2D eigenvalue weighted by Crippen LogP contribution is 2.25. The molecule has 2 nitrogen and oxygen atoms in total. The molecule has 0 aliphatic heterocycles. The van der Waals surface area contributed by atoms with Crippen molar-refractivity contribution in [2.45, 2.75) is 6.42 Å². The zero-order valence-electron chi connectivity index (χ0n) is 9.43. The molecule has 0 saturated carbocycles. The van der Waals surface area contributed by atoms with Gasteiger partial charge in [-0.05, 0) is 29.8 Å². The molecule has 0 aliphatic rings. The SMILES string of the molecule is Oc1ccc(Cc2nc3cc(F)ccc3s2)cc1. The van der Waals surface area contributed by atoms with Crippen molar-refractivity contribution in [2.75, 3.05) is 0 Å². The van der Waals surface area contributed by atoms with E-state index in [0.717, 1.165) is 15.3 Å². The Labute approximate surface area is 107 Å². The summed E-state index contributed by atoms with van der Waals surface area (Å²) in [6.07, 6.45) is 0.696. The number of fused-ring (bicyclic) bond motifs is 1. The number of phenolic OH excluding ortho intramolecular Hbond substituents is 1. The maximum atomic E-state index is 13.1. The van der Waals surface area contributed by atoms with E-state index in [0.29, 0.717) is 11.9 Å². The number of hydrogen-bond acceptors (Lipinski definition) is 3. The van der Waals surface area contributed by atoms with Crippen LogP contribution in [0.4, 0.5) is 4.39 Å². The molecule has 0 atom stereocenters. The Bertz CT molecular complexity index is 691. The van der Waals surface area contributed by atoms with Gasteiger partial charge in [0.1, 0.15) is 11.6 Å². The van der Waals surface area contributed by atoms with Gasteiger partial charge in [-0.15, -0.1) is 11.3 Å². The van der Waals surface area contributed by atoms with Gasteiger partial charge in [-0.2, -0.15) is 0 Å². The van der Waals surface area contributed by atoms with Crippen LogP contribution in [0.25, 0.3) is 10.2 Å². The number of aromatic hydroxyl groups is 1. The summed E-state index contributed by atoms with van der Waals surface area (Å²) in [7, 11) is 0. The van der Waals surface area contributed by atoms with Crippen LogP contribution in [-0.4, -0.2) is 10.1 Å². The minimum absolute atomic E-state index is 0.255. The van der Waals surface area contributed by atoms with E-state index in [9.17, 15) is 9.50 Å². The number of nitrogens with zero attached hydrogens (tertiary/aromatic N) is 1. The van der Waals surface area contributed by atoms with E-state index in [1.54, 1.807) is 29.5 Å². The monoisotopic (exact) mass is 259 g/mol. The second kappa shape index (κ2) is 4.38. The predicted molar refractivity (Wildman–Crippen MR) is 70.5 cm³/mol. The summed E-state index contributed by atoms with van der Waals surface area (Å²) in [6.45, 7) is 0. The average molecular weight is 259 g/mol. The maximum Gasteiger partial charge on any atom is 0.125 e. The van der Waals surface area contributed by atoms with E-state index in [1.165, 1.54) is 12.1 Å². The molecule has 0 spiro atoms. The van der Waals surface area contributed by atoms with Gasteiger partial charge in [0.2, 0.25) is 0 Å². The van der Waals surface area contributed by atoms with Crippen molar-refractivity contribution in [3.05, 3.63) is 58.9 Å². The summed E-state index contributed by atoms with van der Waals surface area (Å²) in [4.78, 5) is 4.41. The topological polar surface area (TPSA) is 33.1 Å². The van der Waals surface area contributed by atoms with Gasteiger partial charge in [0.15, 0.2) is 0 Å². The lowest BCUT2D eigenvalue weighted by Crippen LogP contribution is -1.85. The first-order valence-corrected chi connectivity index (χ1v) is 6.35. The van der Waals surface area contributed by atoms with Crippen molar-refractivity contribution in [3.63, 3.8) is 0 Å². The fourth-order valence-corrected chi connectivity index (χ4v) is 2.79. The zero-order valence-corrected chi connectivity index (χ0v) is 10.2. The van der Waals surface area contributed by atoms with Gasteiger partial charge < -0.3 is 5.11 Å². The fourth-order valence-electron chi connectivity index (χ4n) is 1.81. The summed E-state index contributed by atoms with van der Waals surface area (Å²) < 4.78 is 14.0. The lowest BCUT2D eigenvalue weighted by atomic mass is 10.1. The largest absolute Gasteiger partial charge is 0.508 e. The first-order valence-electron chi connectivity index (χ1n) is 5.53. The zero-order chi connectivity index (χ0) is 12.5. The van der Waals surface area contributed by atoms with Crippen LogP contribution < -0.4 is 0 Å². The molecule has 2 aromatic carbocycles. The van der Waals surface area contributed by atoms with E-state index in [-0.39, 0.29) is 11.6 Å². The number of halogens is 1. The third-order valence-corrected chi connectivity index (χ3v) is 3.72. The minimum atomic E-state index is -0.260. The average Bonchev–Trinajstić information content (AvgIpc) is 2.73. The Balaban J connectivity index is 1.92.